The Labute approximate surface area is 69.1 Å². The molecule has 0 saturated carbocycles. The number of hydrogen-bond donors (Lipinski definition) is 1. The van der Waals surface area contributed by atoms with Gasteiger partial charge in [0.1, 0.15) is 0 Å². The lowest BCUT2D eigenvalue weighted by atomic mass is 9.77. The molecular weight excluding hydrogens is 138 g/mol. The van der Waals surface area contributed by atoms with Crippen LogP contribution in [0.3, 0.4) is 0 Å². The molecule has 2 atom stereocenters. The molecule has 2 N–H and O–H groups in total. The normalized spacial score (nSPS) is 30.8. The maximum Gasteiger partial charge on any atom is 0.0512 e. The van der Waals surface area contributed by atoms with Gasteiger partial charge >= 0.3 is 0 Å². The molecule has 0 bridgehead atoms. The van der Waals surface area contributed by atoms with Crippen LogP contribution in [-0.2, 0) is 4.74 Å². The van der Waals surface area contributed by atoms with E-state index in [4.69, 9.17) is 10.5 Å². The third-order valence-corrected chi connectivity index (χ3v) is 3.05. The predicted octanol–water partition coefficient (Wildman–Crippen LogP) is 1.40. The summed E-state index contributed by atoms with van der Waals surface area (Å²) < 4.78 is 5.31. The van der Waals surface area contributed by atoms with Crippen molar-refractivity contribution in [2.45, 2.75) is 32.7 Å². The first kappa shape index (κ1) is 9.01. The largest absolute Gasteiger partial charge is 0.381 e. The fourth-order valence-corrected chi connectivity index (χ4v) is 1.50. The van der Waals surface area contributed by atoms with Crippen LogP contribution in [0, 0.1) is 11.8 Å². The van der Waals surface area contributed by atoms with Gasteiger partial charge < -0.3 is 10.5 Å². The molecule has 66 valence electrons. The molecule has 1 fully saturated rings. The highest BCUT2D eigenvalue weighted by atomic mass is 16.5. The van der Waals surface area contributed by atoms with Crippen LogP contribution < -0.4 is 5.73 Å². The lowest BCUT2D eigenvalue weighted by molar-refractivity contribution is 0.149. The highest BCUT2D eigenvalue weighted by Gasteiger charge is 2.35. The average Bonchev–Trinajstić information content (AvgIpc) is 2.37. The lowest BCUT2D eigenvalue weighted by Gasteiger charge is -2.34. The van der Waals surface area contributed by atoms with E-state index < -0.39 is 0 Å². The summed E-state index contributed by atoms with van der Waals surface area (Å²) in [6.45, 7) is 8.24. The molecular formula is C9H19NO. The topological polar surface area (TPSA) is 35.2 Å². The van der Waals surface area contributed by atoms with Gasteiger partial charge in [0.15, 0.2) is 0 Å². The summed E-state index contributed by atoms with van der Waals surface area (Å²) in [5.41, 5.74) is 6.14. The van der Waals surface area contributed by atoms with Crippen LogP contribution in [0.2, 0.25) is 0 Å². The highest BCUT2D eigenvalue weighted by molar-refractivity contribution is 4.91. The molecule has 2 nitrogen and oxygen atoms in total. The molecule has 0 aromatic heterocycles. The Morgan fingerprint density at radius 1 is 1.55 bits per heavy atom. The summed E-state index contributed by atoms with van der Waals surface area (Å²) >= 11 is 0. The number of ether oxygens (including phenoxy) is 1. The molecule has 11 heavy (non-hydrogen) atoms. The van der Waals surface area contributed by atoms with E-state index in [0.29, 0.717) is 11.8 Å². The van der Waals surface area contributed by atoms with Crippen molar-refractivity contribution in [1.82, 2.24) is 0 Å². The van der Waals surface area contributed by atoms with Crippen LogP contribution in [0.15, 0.2) is 0 Å². The van der Waals surface area contributed by atoms with Crippen LogP contribution in [0.1, 0.15) is 27.2 Å². The molecule has 1 rings (SSSR count). The summed E-state index contributed by atoms with van der Waals surface area (Å²) in [7, 11) is 0. The summed E-state index contributed by atoms with van der Waals surface area (Å²) in [5.74, 6) is 1.09. The quantitative estimate of drug-likeness (QED) is 0.657. The Balaban J connectivity index is 2.55. The predicted molar refractivity (Wildman–Crippen MR) is 46.4 cm³/mol. The van der Waals surface area contributed by atoms with E-state index in [-0.39, 0.29) is 5.54 Å². The molecule has 1 heterocycles. The van der Waals surface area contributed by atoms with Crippen molar-refractivity contribution in [3.8, 4) is 0 Å². The molecule has 1 aliphatic rings. The maximum absolute atomic E-state index is 6.18. The molecule has 0 spiro atoms. The second kappa shape index (κ2) is 3.11. The molecule has 1 aliphatic heterocycles. The van der Waals surface area contributed by atoms with E-state index in [9.17, 15) is 0 Å². The summed E-state index contributed by atoms with van der Waals surface area (Å²) in [6.07, 6.45) is 1.13. The van der Waals surface area contributed by atoms with Gasteiger partial charge in [0.25, 0.3) is 0 Å². The van der Waals surface area contributed by atoms with Crippen LogP contribution in [0.25, 0.3) is 0 Å². The second-order valence-electron chi connectivity index (χ2n) is 4.08. The van der Waals surface area contributed by atoms with E-state index in [1.54, 1.807) is 0 Å². The zero-order chi connectivity index (χ0) is 8.48. The van der Waals surface area contributed by atoms with E-state index >= 15 is 0 Å². The van der Waals surface area contributed by atoms with E-state index in [1.165, 1.54) is 0 Å². The smallest absolute Gasteiger partial charge is 0.0512 e. The van der Waals surface area contributed by atoms with Crippen LogP contribution in [0.4, 0.5) is 0 Å². The molecule has 0 aliphatic carbocycles. The van der Waals surface area contributed by atoms with Gasteiger partial charge in [-0.1, -0.05) is 13.8 Å². The third-order valence-electron chi connectivity index (χ3n) is 3.05. The second-order valence-corrected chi connectivity index (χ2v) is 4.08. The van der Waals surface area contributed by atoms with Crippen molar-refractivity contribution >= 4 is 0 Å². The van der Waals surface area contributed by atoms with Gasteiger partial charge in [-0.25, -0.2) is 0 Å². The van der Waals surface area contributed by atoms with Crippen molar-refractivity contribution in [3.05, 3.63) is 0 Å². The fourth-order valence-electron chi connectivity index (χ4n) is 1.50. The molecule has 0 aromatic rings. The van der Waals surface area contributed by atoms with Gasteiger partial charge in [-0.2, -0.15) is 0 Å². The molecule has 1 saturated heterocycles. The van der Waals surface area contributed by atoms with E-state index in [0.717, 1.165) is 19.6 Å². The van der Waals surface area contributed by atoms with Crippen molar-refractivity contribution in [2.75, 3.05) is 13.2 Å². The van der Waals surface area contributed by atoms with Crippen molar-refractivity contribution in [1.29, 1.82) is 0 Å². The Morgan fingerprint density at radius 3 is 2.55 bits per heavy atom. The number of hydrogen-bond acceptors (Lipinski definition) is 2. The van der Waals surface area contributed by atoms with Gasteiger partial charge in [0, 0.05) is 18.1 Å². The van der Waals surface area contributed by atoms with Gasteiger partial charge in [-0.15, -0.1) is 0 Å². The Hall–Kier alpha value is -0.0800. The van der Waals surface area contributed by atoms with Crippen molar-refractivity contribution in [2.24, 2.45) is 17.6 Å². The summed E-state index contributed by atoms with van der Waals surface area (Å²) in [5, 5.41) is 0. The number of rotatable bonds is 2. The Bertz CT molecular complexity index is 126. The number of nitrogens with two attached hydrogens (primary N) is 1. The first-order valence-corrected chi connectivity index (χ1v) is 4.41. The first-order valence-electron chi connectivity index (χ1n) is 4.41. The fraction of sp³-hybridized carbons (Fsp3) is 1.00. The minimum atomic E-state index is -0.0451. The lowest BCUT2D eigenvalue weighted by Crippen LogP contribution is -2.49. The molecule has 0 amide bonds. The van der Waals surface area contributed by atoms with Crippen LogP contribution in [0.5, 0.6) is 0 Å². The highest BCUT2D eigenvalue weighted by Crippen LogP contribution is 2.29. The van der Waals surface area contributed by atoms with Crippen molar-refractivity contribution in [3.63, 3.8) is 0 Å². The molecule has 2 heteroatoms. The van der Waals surface area contributed by atoms with Gasteiger partial charge in [0.2, 0.25) is 0 Å². The molecule has 0 aromatic carbocycles. The zero-order valence-corrected chi connectivity index (χ0v) is 7.76. The summed E-state index contributed by atoms with van der Waals surface area (Å²) in [6, 6.07) is 0. The molecule has 2 unspecified atom stereocenters. The third kappa shape index (κ3) is 1.74. The minimum absolute atomic E-state index is 0.0451. The van der Waals surface area contributed by atoms with E-state index in [2.05, 4.69) is 20.8 Å². The zero-order valence-electron chi connectivity index (χ0n) is 7.76. The Kier molecular flexibility index (Phi) is 2.55. The molecule has 0 radical (unpaired) electrons. The van der Waals surface area contributed by atoms with Crippen LogP contribution >= 0.6 is 0 Å². The monoisotopic (exact) mass is 157 g/mol. The summed E-state index contributed by atoms with van der Waals surface area (Å²) in [4.78, 5) is 0. The SMILES string of the molecule is CC(C)C(C)(N)C1CCOC1. The van der Waals surface area contributed by atoms with Gasteiger partial charge in [-0.05, 0) is 19.3 Å². The van der Waals surface area contributed by atoms with Crippen molar-refractivity contribution < 1.29 is 4.74 Å². The Morgan fingerprint density at radius 2 is 2.18 bits per heavy atom. The standard InChI is InChI=1S/C9H19NO/c1-7(2)9(3,10)8-4-5-11-6-8/h7-8H,4-6,10H2,1-3H3. The van der Waals surface area contributed by atoms with Crippen LogP contribution in [-0.4, -0.2) is 18.8 Å². The average molecular weight is 157 g/mol. The van der Waals surface area contributed by atoms with Gasteiger partial charge in [-0.3, -0.25) is 0 Å². The minimum Gasteiger partial charge on any atom is -0.381 e. The first-order chi connectivity index (χ1) is 5.05. The van der Waals surface area contributed by atoms with Gasteiger partial charge in [0.05, 0.1) is 6.61 Å². The maximum atomic E-state index is 6.18. The van der Waals surface area contributed by atoms with E-state index in [1.807, 2.05) is 0 Å².